The molecular formula is C16H11ClF2O. The van der Waals surface area contributed by atoms with Crippen LogP contribution in [0, 0.1) is 11.6 Å². The fourth-order valence-corrected chi connectivity index (χ4v) is 2.43. The standard InChI is InChI=1S/C16H11ClF2O/c17-12(8-11-5-3-6-13(18)16(11)19)15-9-10-4-1-2-7-14(10)20-15/h1-7,9,12H,8H2. The van der Waals surface area contributed by atoms with Gasteiger partial charge >= 0.3 is 0 Å². The summed E-state index contributed by atoms with van der Waals surface area (Å²) >= 11 is 6.25. The molecule has 0 bridgehead atoms. The van der Waals surface area contributed by atoms with Crippen molar-refractivity contribution >= 4 is 22.6 Å². The van der Waals surface area contributed by atoms with Crippen LogP contribution in [0.2, 0.25) is 0 Å². The number of hydrogen-bond donors (Lipinski definition) is 0. The van der Waals surface area contributed by atoms with Gasteiger partial charge in [-0.25, -0.2) is 8.78 Å². The van der Waals surface area contributed by atoms with Crippen molar-refractivity contribution in [2.24, 2.45) is 0 Å². The van der Waals surface area contributed by atoms with Crippen LogP contribution in [0.3, 0.4) is 0 Å². The minimum atomic E-state index is -0.865. The molecule has 3 rings (SSSR count). The zero-order chi connectivity index (χ0) is 14.1. The Labute approximate surface area is 119 Å². The number of rotatable bonds is 3. The third-order valence-electron chi connectivity index (χ3n) is 3.18. The number of hydrogen-bond acceptors (Lipinski definition) is 1. The third-order valence-corrected chi connectivity index (χ3v) is 3.55. The Bertz CT molecular complexity index is 718. The van der Waals surface area contributed by atoms with Gasteiger partial charge in [0.05, 0.1) is 5.38 Å². The molecule has 0 saturated carbocycles. The summed E-state index contributed by atoms with van der Waals surface area (Å²) in [7, 11) is 0. The summed E-state index contributed by atoms with van der Waals surface area (Å²) in [5.74, 6) is -1.17. The first-order chi connectivity index (χ1) is 9.65. The van der Waals surface area contributed by atoms with Gasteiger partial charge in [-0.15, -0.1) is 11.6 Å². The number of para-hydroxylation sites is 1. The molecule has 1 heterocycles. The summed E-state index contributed by atoms with van der Waals surface area (Å²) in [4.78, 5) is 0. The normalized spacial score (nSPS) is 12.8. The van der Waals surface area contributed by atoms with Gasteiger partial charge in [0.25, 0.3) is 0 Å². The molecule has 3 aromatic rings. The first kappa shape index (κ1) is 13.1. The summed E-state index contributed by atoms with van der Waals surface area (Å²) in [6, 6.07) is 13.4. The Morgan fingerprint density at radius 3 is 2.65 bits per heavy atom. The van der Waals surface area contributed by atoms with Crippen LogP contribution in [0.25, 0.3) is 11.0 Å². The van der Waals surface area contributed by atoms with E-state index in [1.165, 1.54) is 12.1 Å². The molecule has 0 spiro atoms. The average Bonchev–Trinajstić information content (AvgIpc) is 2.88. The first-order valence-corrected chi connectivity index (χ1v) is 6.64. The summed E-state index contributed by atoms with van der Waals surface area (Å²) in [6.45, 7) is 0. The molecule has 1 nitrogen and oxygen atoms in total. The molecular weight excluding hydrogens is 282 g/mol. The summed E-state index contributed by atoms with van der Waals surface area (Å²) < 4.78 is 32.4. The Balaban J connectivity index is 1.89. The van der Waals surface area contributed by atoms with E-state index in [2.05, 4.69) is 0 Å². The molecule has 0 aliphatic rings. The van der Waals surface area contributed by atoms with Gasteiger partial charge < -0.3 is 4.42 Å². The molecule has 0 aliphatic heterocycles. The lowest BCUT2D eigenvalue weighted by Gasteiger charge is -2.07. The van der Waals surface area contributed by atoms with Crippen LogP contribution >= 0.6 is 11.6 Å². The lowest BCUT2D eigenvalue weighted by Crippen LogP contribution is -1.99. The highest BCUT2D eigenvalue weighted by molar-refractivity contribution is 6.20. The Morgan fingerprint density at radius 2 is 1.85 bits per heavy atom. The molecule has 0 aliphatic carbocycles. The summed E-state index contributed by atoms with van der Waals surface area (Å²) in [5, 5.41) is 0.395. The van der Waals surface area contributed by atoms with E-state index in [1.54, 1.807) is 0 Å². The van der Waals surface area contributed by atoms with Crippen molar-refractivity contribution < 1.29 is 13.2 Å². The number of fused-ring (bicyclic) bond motifs is 1. The highest BCUT2D eigenvalue weighted by Gasteiger charge is 2.17. The molecule has 1 aromatic heterocycles. The molecule has 1 unspecified atom stereocenters. The van der Waals surface area contributed by atoms with E-state index in [9.17, 15) is 8.78 Å². The van der Waals surface area contributed by atoms with E-state index in [0.717, 1.165) is 17.0 Å². The van der Waals surface area contributed by atoms with Crippen LogP contribution in [-0.4, -0.2) is 0 Å². The highest BCUT2D eigenvalue weighted by atomic mass is 35.5. The average molecular weight is 293 g/mol. The number of alkyl halides is 1. The van der Waals surface area contributed by atoms with E-state index in [1.807, 2.05) is 30.3 Å². The van der Waals surface area contributed by atoms with E-state index >= 15 is 0 Å². The van der Waals surface area contributed by atoms with Gasteiger partial charge in [-0.1, -0.05) is 30.3 Å². The van der Waals surface area contributed by atoms with Crippen molar-refractivity contribution in [3.63, 3.8) is 0 Å². The maximum absolute atomic E-state index is 13.6. The first-order valence-electron chi connectivity index (χ1n) is 6.20. The molecule has 0 N–H and O–H groups in total. The van der Waals surface area contributed by atoms with Crippen LogP contribution < -0.4 is 0 Å². The second-order valence-corrected chi connectivity index (χ2v) is 5.10. The van der Waals surface area contributed by atoms with Gasteiger partial charge in [0.15, 0.2) is 11.6 Å². The third kappa shape index (κ3) is 2.41. The molecule has 0 amide bonds. The van der Waals surface area contributed by atoms with Crippen LogP contribution in [-0.2, 0) is 6.42 Å². The van der Waals surface area contributed by atoms with Crippen molar-refractivity contribution in [1.29, 1.82) is 0 Å². The van der Waals surface area contributed by atoms with Gasteiger partial charge in [-0.2, -0.15) is 0 Å². The predicted molar refractivity (Wildman–Crippen MR) is 74.9 cm³/mol. The molecule has 0 radical (unpaired) electrons. The van der Waals surface area contributed by atoms with Crippen molar-refractivity contribution in [2.45, 2.75) is 11.8 Å². The molecule has 102 valence electrons. The molecule has 0 saturated heterocycles. The second kappa shape index (κ2) is 5.25. The lowest BCUT2D eigenvalue weighted by atomic mass is 10.1. The minimum Gasteiger partial charge on any atom is -0.459 e. The van der Waals surface area contributed by atoms with Gasteiger partial charge in [0.1, 0.15) is 11.3 Å². The lowest BCUT2D eigenvalue weighted by molar-refractivity contribution is 0.492. The molecule has 0 fully saturated rings. The Morgan fingerprint density at radius 1 is 1.05 bits per heavy atom. The Hall–Kier alpha value is -1.87. The molecule has 2 aromatic carbocycles. The summed E-state index contributed by atoms with van der Waals surface area (Å²) in [6.07, 6.45) is 0.172. The topological polar surface area (TPSA) is 13.1 Å². The Kier molecular flexibility index (Phi) is 3.45. The quantitative estimate of drug-likeness (QED) is 0.602. The maximum Gasteiger partial charge on any atom is 0.162 e. The van der Waals surface area contributed by atoms with Crippen LogP contribution in [0.4, 0.5) is 8.78 Å². The van der Waals surface area contributed by atoms with Crippen molar-refractivity contribution in [3.8, 4) is 0 Å². The zero-order valence-corrected chi connectivity index (χ0v) is 11.2. The predicted octanol–water partition coefficient (Wildman–Crippen LogP) is 5.23. The largest absolute Gasteiger partial charge is 0.459 e. The van der Waals surface area contributed by atoms with Gasteiger partial charge in [0.2, 0.25) is 0 Å². The number of furan rings is 1. The van der Waals surface area contributed by atoms with Gasteiger partial charge in [-0.3, -0.25) is 0 Å². The van der Waals surface area contributed by atoms with Crippen LogP contribution in [0.15, 0.2) is 52.9 Å². The van der Waals surface area contributed by atoms with Crippen LogP contribution in [0.1, 0.15) is 16.7 Å². The highest BCUT2D eigenvalue weighted by Crippen LogP contribution is 2.31. The minimum absolute atomic E-state index is 0.172. The zero-order valence-electron chi connectivity index (χ0n) is 10.4. The fraction of sp³-hybridized carbons (Fsp3) is 0.125. The van der Waals surface area contributed by atoms with Crippen molar-refractivity contribution in [2.75, 3.05) is 0 Å². The van der Waals surface area contributed by atoms with Crippen LogP contribution in [0.5, 0.6) is 0 Å². The molecule has 4 heteroatoms. The van der Waals surface area contributed by atoms with E-state index in [-0.39, 0.29) is 12.0 Å². The molecule has 20 heavy (non-hydrogen) atoms. The second-order valence-electron chi connectivity index (χ2n) is 4.57. The SMILES string of the molecule is Fc1cccc(CC(Cl)c2cc3ccccc3o2)c1F. The maximum atomic E-state index is 13.6. The van der Waals surface area contributed by atoms with Crippen molar-refractivity contribution in [1.82, 2.24) is 0 Å². The van der Waals surface area contributed by atoms with Crippen molar-refractivity contribution in [3.05, 3.63) is 71.5 Å². The van der Waals surface area contributed by atoms with E-state index < -0.39 is 17.0 Å². The number of benzene rings is 2. The van der Waals surface area contributed by atoms with E-state index in [0.29, 0.717) is 5.76 Å². The van der Waals surface area contributed by atoms with Gasteiger partial charge in [-0.05, 0) is 30.2 Å². The monoisotopic (exact) mass is 292 g/mol. The number of halogens is 3. The fourth-order valence-electron chi connectivity index (χ4n) is 2.16. The van der Waals surface area contributed by atoms with Gasteiger partial charge in [0, 0.05) is 5.39 Å². The summed E-state index contributed by atoms with van der Waals surface area (Å²) in [5.41, 5.74) is 0.971. The van der Waals surface area contributed by atoms with E-state index in [4.69, 9.17) is 16.0 Å². The smallest absolute Gasteiger partial charge is 0.162 e. The molecule has 1 atom stereocenters.